The number of urea groups is 1. The minimum absolute atomic E-state index is 0.110. The largest absolute Gasteiger partial charge is 0.334 e. The van der Waals surface area contributed by atoms with E-state index in [2.05, 4.69) is 24.0 Å². The van der Waals surface area contributed by atoms with E-state index < -0.39 is 0 Å². The van der Waals surface area contributed by atoms with Crippen LogP contribution in [0.4, 0.5) is 4.79 Å². The lowest BCUT2D eigenvalue weighted by molar-refractivity contribution is 0.241. The third-order valence-electron chi connectivity index (χ3n) is 2.46. The zero-order valence-electron chi connectivity index (χ0n) is 10.4. The fourth-order valence-corrected chi connectivity index (χ4v) is 1.46. The van der Waals surface area contributed by atoms with E-state index in [1.165, 1.54) is 12.8 Å². The van der Waals surface area contributed by atoms with Crippen molar-refractivity contribution < 1.29 is 4.79 Å². The second kappa shape index (κ2) is 8.50. The molecular formula is C14H21N2O+. The maximum Gasteiger partial charge on any atom is 0.318 e. The van der Waals surface area contributed by atoms with E-state index in [-0.39, 0.29) is 6.03 Å². The number of benzene rings is 1. The van der Waals surface area contributed by atoms with Crippen molar-refractivity contribution in [2.24, 2.45) is 0 Å². The summed E-state index contributed by atoms with van der Waals surface area (Å²) in [6.45, 7) is 3.37. The van der Waals surface area contributed by atoms with Crippen LogP contribution in [-0.4, -0.2) is 12.6 Å². The van der Waals surface area contributed by atoms with Crippen molar-refractivity contribution in [2.75, 3.05) is 6.54 Å². The minimum atomic E-state index is -0.110. The third-order valence-corrected chi connectivity index (χ3v) is 2.46. The third kappa shape index (κ3) is 6.51. The first-order chi connectivity index (χ1) is 8.33. The van der Waals surface area contributed by atoms with Gasteiger partial charge in [-0.3, -0.25) is 5.32 Å². The van der Waals surface area contributed by atoms with Gasteiger partial charge in [0.1, 0.15) is 0 Å². The zero-order valence-corrected chi connectivity index (χ0v) is 10.4. The molecule has 2 N–H and O–H groups in total. The van der Waals surface area contributed by atoms with Gasteiger partial charge in [0.25, 0.3) is 0 Å². The lowest BCUT2D eigenvalue weighted by Crippen LogP contribution is -2.35. The number of rotatable bonds is 7. The van der Waals surface area contributed by atoms with Gasteiger partial charge in [0.2, 0.25) is 0 Å². The maximum absolute atomic E-state index is 11.4. The lowest BCUT2D eigenvalue weighted by atomic mass is 10.2. The van der Waals surface area contributed by atoms with E-state index >= 15 is 0 Å². The zero-order chi connectivity index (χ0) is 12.3. The van der Waals surface area contributed by atoms with Crippen LogP contribution in [-0.2, 0) is 6.54 Å². The molecule has 1 aromatic rings. The summed E-state index contributed by atoms with van der Waals surface area (Å²) < 4.78 is 0. The quantitative estimate of drug-likeness (QED) is 0.552. The monoisotopic (exact) mass is 233 g/mol. The first-order valence-corrected chi connectivity index (χ1v) is 6.20. The van der Waals surface area contributed by atoms with Crippen molar-refractivity contribution in [1.29, 1.82) is 0 Å². The first-order valence-electron chi connectivity index (χ1n) is 6.20. The maximum atomic E-state index is 11.4. The van der Waals surface area contributed by atoms with Gasteiger partial charge >= 0.3 is 6.03 Å². The molecule has 0 aliphatic carbocycles. The first kappa shape index (κ1) is 13.4. The highest BCUT2D eigenvalue weighted by molar-refractivity contribution is 5.73. The predicted molar refractivity (Wildman–Crippen MR) is 70.5 cm³/mol. The molecule has 0 saturated heterocycles. The van der Waals surface area contributed by atoms with Crippen LogP contribution >= 0.6 is 0 Å². The van der Waals surface area contributed by atoms with Gasteiger partial charge in [0, 0.05) is 6.54 Å². The highest BCUT2D eigenvalue weighted by atomic mass is 16.2. The van der Waals surface area contributed by atoms with E-state index in [1.807, 2.05) is 30.3 Å². The molecule has 1 aromatic carbocycles. The predicted octanol–water partition coefficient (Wildman–Crippen LogP) is 2.88. The average Bonchev–Trinajstić information content (AvgIpc) is 2.37. The van der Waals surface area contributed by atoms with Gasteiger partial charge in [-0.05, 0) is 12.0 Å². The van der Waals surface area contributed by atoms with Crippen molar-refractivity contribution in [2.45, 2.75) is 32.7 Å². The molecule has 1 rings (SSSR count). The second-order valence-corrected chi connectivity index (χ2v) is 3.98. The van der Waals surface area contributed by atoms with Gasteiger partial charge < -0.3 is 5.32 Å². The molecule has 0 bridgehead atoms. The number of hydrogen-bond donors (Lipinski definition) is 2. The number of hydrogen-bond acceptors (Lipinski definition) is 1. The van der Waals surface area contributed by atoms with Crippen LogP contribution in [0.3, 0.4) is 0 Å². The van der Waals surface area contributed by atoms with Crippen LogP contribution in [0.1, 0.15) is 31.7 Å². The van der Waals surface area contributed by atoms with E-state index in [4.69, 9.17) is 0 Å². The molecule has 0 spiro atoms. The fraction of sp³-hybridized carbons (Fsp3) is 0.429. The normalized spacial score (nSPS) is 9.71. The summed E-state index contributed by atoms with van der Waals surface area (Å²) in [4.78, 5) is 11.4. The molecule has 0 fully saturated rings. The molecule has 0 heterocycles. The Morgan fingerprint density at radius 3 is 2.71 bits per heavy atom. The highest BCUT2D eigenvalue weighted by Gasteiger charge is 2.02. The Morgan fingerprint density at radius 2 is 2.00 bits per heavy atom. The highest BCUT2D eigenvalue weighted by Crippen LogP contribution is 1.97. The van der Waals surface area contributed by atoms with Gasteiger partial charge in [-0.1, -0.05) is 43.7 Å². The molecule has 92 valence electrons. The van der Waals surface area contributed by atoms with Crippen LogP contribution in [0.25, 0.3) is 0 Å². The van der Waals surface area contributed by atoms with Gasteiger partial charge in [-0.15, -0.1) is 0 Å². The van der Waals surface area contributed by atoms with E-state index in [9.17, 15) is 4.79 Å². The fourth-order valence-electron chi connectivity index (χ4n) is 1.46. The summed E-state index contributed by atoms with van der Waals surface area (Å²) in [5.74, 6) is 0. The Bertz CT molecular complexity index is 311. The summed E-state index contributed by atoms with van der Waals surface area (Å²) in [6, 6.07) is 9.77. The molecule has 0 unspecified atom stereocenters. The molecule has 0 aliphatic rings. The number of amides is 2. The van der Waals surface area contributed by atoms with E-state index in [1.54, 1.807) is 0 Å². The van der Waals surface area contributed by atoms with Crippen molar-refractivity contribution in [3.63, 3.8) is 0 Å². The Morgan fingerprint density at radius 1 is 1.24 bits per heavy atom. The van der Waals surface area contributed by atoms with Gasteiger partial charge in [0.05, 0.1) is 12.8 Å². The van der Waals surface area contributed by atoms with E-state index in [0.29, 0.717) is 13.1 Å². The van der Waals surface area contributed by atoms with E-state index in [0.717, 1.165) is 12.0 Å². The Hall–Kier alpha value is -1.64. The van der Waals surface area contributed by atoms with Crippen LogP contribution in [0, 0.1) is 6.42 Å². The molecule has 0 radical (unpaired) electrons. The number of carbonyl (C=O) groups is 1. The van der Waals surface area contributed by atoms with Crippen molar-refractivity contribution in [1.82, 2.24) is 10.6 Å². The van der Waals surface area contributed by atoms with Crippen LogP contribution in [0.2, 0.25) is 0 Å². The molecule has 2 amide bonds. The molecule has 0 aliphatic heterocycles. The molecular weight excluding hydrogens is 212 g/mol. The Balaban J connectivity index is 2.05. The Labute approximate surface area is 104 Å². The average molecular weight is 233 g/mol. The summed E-state index contributed by atoms with van der Waals surface area (Å²) in [7, 11) is 0. The molecule has 17 heavy (non-hydrogen) atoms. The minimum Gasteiger partial charge on any atom is -0.334 e. The van der Waals surface area contributed by atoms with Crippen LogP contribution in [0.15, 0.2) is 30.3 Å². The van der Waals surface area contributed by atoms with Gasteiger partial charge in [-0.2, -0.15) is 0 Å². The summed E-state index contributed by atoms with van der Waals surface area (Å²) in [6.07, 6.45) is 5.55. The van der Waals surface area contributed by atoms with Crippen LogP contribution in [0.5, 0.6) is 0 Å². The van der Waals surface area contributed by atoms with Crippen LogP contribution < -0.4 is 10.6 Å². The van der Waals surface area contributed by atoms with Crippen molar-refractivity contribution in [3.8, 4) is 0 Å². The number of carbonyl (C=O) groups excluding carboxylic acids is 1. The SMILES string of the molecule is CCCC[CH+]CNC(=O)NCc1ccccc1. The lowest BCUT2D eigenvalue weighted by Gasteiger charge is -2.04. The summed E-state index contributed by atoms with van der Waals surface area (Å²) in [5.41, 5.74) is 1.11. The van der Waals surface area contributed by atoms with Gasteiger partial charge in [-0.25, -0.2) is 4.79 Å². The summed E-state index contributed by atoms with van der Waals surface area (Å²) in [5, 5.41) is 5.63. The van der Waals surface area contributed by atoms with Crippen molar-refractivity contribution in [3.05, 3.63) is 42.3 Å². The topological polar surface area (TPSA) is 41.1 Å². The second-order valence-electron chi connectivity index (χ2n) is 3.98. The van der Waals surface area contributed by atoms with Crippen molar-refractivity contribution >= 4 is 6.03 Å². The van der Waals surface area contributed by atoms with Gasteiger partial charge in [0.15, 0.2) is 6.54 Å². The molecule has 0 atom stereocenters. The molecule has 3 nitrogen and oxygen atoms in total. The number of nitrogens with one attached hydrogen (secondary N) is 2. The molecule has 0 aromatic heterocycles. The standard InChI is InChI=1S/C14H20N2O/c1-2-3-4-8-11-15-14(17)16-12-13-9-6-5-7-10-13/h5-10H,2-4,11-12H2,1H3,(H-,15,16,17)/p+1. The summed E-state index contributed by atoms with van der Waals surface area (Å²) >= 11 is 0. The Kier molecular flexibility index (Phi) is 6.72. The smallest absolute Gasteiger partial charge is 0.318 e. The molecule has 0 saturated carbocycles. The number of unbranched alkanes of at least 4 members (excludes halogenated alkanes) is 3. The molecule has 3 heteroatoms.